The van der Waals surface area contributed by atoms with Gasteiger partial charge in [0.05, 0.1) is 17.1 Å². The Bertz CT molecular complexity index is 775. The van der Waals surface area contributed by atoms with Gasteiger partial charge in [-0.05, 0) is 44.3 Å². The number of rotatable bonds is 7. The van der Waals surface area contributed by atoms with Gasteiger partial charge in [0.15, 0.2) is 5.50 Å². The molecule has 0 amide bonds. The van der Waals surface area contributed by atoms with Crippen LogP contribution in [0.5, 0.6) is 0 Å². The van der Waals surface area contributed by atoms with Gasteiger partial charge >= 0.3 is 0 Å². The van der Waals surface area contributed by atoms with Crippen molar-refractivity contribution >= 4 is 23.1 Å². The fourth-order valence-corrected chi connectivity index (χ4v) is 4.93. The van der Waals surface area contributed by atoms with Gasteiger partial charge in [-0.2, -0.15) is 0 Å². The van der Waals surface area contributed by atoms with E-state index < -0.39 is 0 Å². The molecular weight excluding hydrogens is 342 g/mol. The van der Waals surface area contributed by atoms with Crippen LogP contribution in [0, 0.1) is 0 Å². The number of nitrogens with zero attached hydrogens (tertiary/aromatic N) is 5. The van der Waals surface area contributed by atoms with Gasteiger partial charge in [0, 0.05) is 23.8 Å². The van der Waals surface area contributed by atoms with E-state index in [-0.39, 0.29) is 5.50 Å². The van der Waals surface area contributed by atoms with Crippen LogP contribution in [0.25, 0.3) is 5.70 Å². The Morgan fingerprint density at radius 1 is 1.15 bits per heavy atom. The van der Waals surface area contributed by atoms with E-state index in [9.17, 15) is 0 Å². The van der Waals surface area contributed by atoms with E-state index in [1.54, 1.807) is 6.33 Å². The molecule has 0 aliphatic carbocycles. The molecule has 0 bridgehead atoms. The first-order valence-electron chi connectivity index (χ1n) is 9.33. The second-order valence-electron chi connectivity index (χ2n) is 6.50. The molecule has 4 rings (SSSR count). The van der Waals surface area contributed by atoms with Crippen molar-refractivity contribution < 1.29 is 0 Å². The van der Waals surface area contributed by atoms with E-state index in [0.29, 0.717) is 0 Å². The number of hydrogen-bond donors (Lipinski definition) is 0. The van der Waals surface area contributed by atoms with Gasteiger partial charge < -0.3 is 14.7 Å². The molecule has 2 aliphatic heterocycles. The molecule has 0 saturated heterocycles. The monoisotopic (exact) mass is 367 g/mol. The Kier molecular flexibility index (Phi) is 5.13. The molecule has 26 heavy (non-hydrogen) atoms. The first-order valence-corrected chi connectivity index (χ1v) is 10.2. The minimum Gasteiger partial charge on any atom is -0.339 e. The third kappa shape index (κ3) is 3.19. The number of thioether (sulfide) groups is 1. The van der Waals surface area contributed by atoms with Crippen LogP contribution in [-0.2, 0) is 0 Å². The summed E-state index contributed by atoms with van der Waals surface area (Å²) >= 11 is 1.93. The maximum atomic E-state index is 4.50. The zero-order chi connectivity index (χ0) is 17.9. The summed E-state index contributed by atoms with van der Waals surface area (Å²) in [6.07, 6.45) is 6.85. The summed E-state index contributed by atoms with van der Waals surface area (Å²) in [7, 11) is 0. The SMILES string of the molecule is CCN(CC)CCCN1C(c2ccncn2)=CN2c3ccccc3SC12. The first kappa shape index (κ1) is 17.4. The van der Waals surface area contributed by atoms with Crippen molar-refractivity contribution in [3.8, 4) is 0 Å². The van der Waals surface area contributed by atoms with Crippen molar-refractivity contribution in [2.24, 2.45) is 0 Å². The molecule has 2 aromatic rings. The Hall–Kier alpha value is -2.05. The Morgan fingerprint density at radius 2 is 2.00 bits per heavy atom. The van der Waals surface area contributed by atoms with Crippen molar-refractivity contribution in [2.45, 2.75) is 30.7 Å². The predicted molar refractivity (Wildman–Crippen MR) is 108 cm³/mol. The van der Waals surface area contributed by atoms with Crippen LogP contribution in [0.4, 0.5) is 5.69 Å². The number of fused-ring (bicyclic) bond motifs is 3. The smallest absolute Gasteiger partial charge is 0.159 e. The number of aromatic nitrogens is 2. The van der Waals surface area contributed by atoms with Gasteiger partial charge in [0.1, 0.15) is 6.33 Å². The summed E-state index contributed by atoms with van der Waals surface area (Å²) in [5.74, 6) is 0. The average molecular weight is 368 g/mol. The number of para-hydroxylation sites is 1. The van der Waals surface area contributed by atoms with Crippen LogP contribution in [0.3, 0.4) is 0 Å². The van der Waals surface area contributed by atoms with Crippen LogP contribution in [0.1, 0.15) is 26.0 Å². The lowest BCUT2D eigenvalue weighted by Crippen LogP contribution is -2.36. The molecule has 1 aromatic heterocycles. The van der Waals surface area contributed by atoms with Crippen LogP contribution in [0.2, 0.25) is 0 Å². The van der Waals surface area contributed by atoms with Crippen LogP contribution in [-0.4, -0.2) is 51.4 Å². The topological polar surface area (TPSA) is 35.5 Å². The maximum absolute atomic E-state index is 4.50. The highest BCUT2D eigenvalue weighted by atomic mass is 32.2. The molecule has 3 heterocycles. The van der Waals surface area contributed by atoms with E-state index in [0.717, 1.165) is 38.3 Å². The second-order valence-corrected chi connectivity index (χ2v) is 7.60. The van der Waals surface area contributed by atoms with E-state index >= 15 is 0 Å². The quantitative estimate of drug-likeness (QED) is 0.742. The molecule has 0 saturated carbocycles. The maximum Gasteiger partial charge on any atom is 0.159 e. The van der Waals surface area contributed by atoms with Gasteiger partial charge in [-0.25, -0.2) is 9.97 Å². The number of anilines is 1. The molecule has 6 heteroatoms. The van der Waals surface area contributed by atoms with E-state index in [2.05, 4.69) is 69.0 Å². The highest BCUT2D eigenvalue weighted by Crippen LogP contribution is 2.50. The fraction of sp³-hybridized carbons (Fsp3) is 0.400. The van der Waals surface area contributed by atoms with Crippen LogP contribution >= 0.6 is 11.8 Å². The summed E-state index contributed by atoms with van der Waals surface area (Å²) in [5.41, 5.74) is 3.77. The molecule has 136 valence electrons. The largest absolute Gasteiger partial charge is 0.339 e. The van der Waals surface area contributed by atoms with Crippen LogP contribution < -0.4 is 4.90 Å². The Labute approximate surface area is 159 Å². The summed E-state index contributed by atoms with van der Waals surface area (Å²) in [6.45, 7) is 8.84. The lowest BCUT2D eigenvalue weighted by molar-refractivity contribution is 0.278. The molecule has 0 spiro atoms. The Balaban J connectivity index is 1.58. The van der Waals surface area contributed by atoms with Crippen molar-refractivity contribution in [1.29, 1.82) is 0 Å². The molecule has 1 unspecified atom stereocenters. The van der Waals surface area contributed by atoms with Crippen molar-refractivity contribution in [3.05, 3.63) is 54.7 Å². The molecule has 5 nitrogen and oxygen atoms in total. The van der Waals surface area contributed by atoms with E-state index in [4.69, 9.17) is 0 Å². The molecule has 0 radical (unpaired) electrons. The highest BCUT2D eigenvalue weighted by molar-refractivity contribution is 8.00. The third-order valence-electron chi connectivity index (χ3n) is 5.06. The average Bonchev–Trinajstić information content (AvgIpc) is 3.22. The number of hydrogen-bond acceptors (Lipinski definition) is 6. The highest BCUT2D eigenvalue weighted by Gasteiger charge is 2.40. The van der Waals surface area contributed by atoms with Crippen molar-refractivity contribution in [3.63, 3.8) is 0 Å². The zero-order valence-corrected chi connectivity index (χ0v) is 16.2. The van der Waals surface area contributed by atoms with E-state index in [1.807, 2.05) is 24.0 Å². The summed E-state index contributed by atoms with van der Waals surface area (Å²) in [5, 5.41) is 0. The first-order chi connectivity index (χ1) is 12.8. The molecule has 1 atom stereocenters. The second kappa shape index (κ2) is 7.68. The molecule has 2 aliphatic rings. The van der Waals surface area contributed by atoms with Gasteiger partial charge in [0.2, 0.25) is 0 Å². The minimum atomic E-state index is 0.286. The van der Waals surface area contributed by atoms with Gasteiger partial charge in [-0.1, -0.05) is 37.7 Å². The summed E-state index contributed by atoms with van der Waals surface area (Å²) in [4.78, 5) is 17.3. The third-order valence-corrected chi connectivity index (χ3v) is 6.35. The fourth-order valence-electron chi connectivity index (χ4n) is 3.62. The van der Waals surface area contributed by atoms with Gasteiger partial charge in [-0.15, -0.1) is 0 Å². The van der Waals surface area contributed by atoms with Crippen LogP contribution in [0.15, 0.2) is 54.0 Å². The minimum absolute atomic E-state index is 0.286. The molecule has 0 fully saturated rings. The summed E-state index contributed by atoms with van der Waals surface area (Å²) < 4.78 is 0. The standard InChI is InChI=1S/C20H25N5S/c1-3-23(4-2)12-7-13-24-18(16-10-11-21-15-22-16)14-25-17-8-5-6-9-19(17)26-20(24)25/h5-6,8-11,14-15,20H,3-4,7,12-13H2,1-2H3. The van der Waals surface area contributed by atoms with E-state index in [1.165, 1.54) is 16.3 Å². The lowest BCUT2D eigenvalue weighted by Gasteiger charge is -2.29. The molecular formula is C20H25N5S. The normalized spacial score (nSPS) is 18.3. The van der Waals surface area contributed by atoms with Crippen molar-refractivity contribution in [2.75, 3.05) is 31.1 Å². The molecule has 1 aromatic carbocycles. The molecule has 0 N–H and O–H groups in total. The van der Waals surface area contributed by atoms with Crippen molar-refractivity contribution in [1.82, 2.24) is 19.8 Å². The van der Waals surface area contributed by atoms with Gasteiger partial charge in [0.25, 0.3) is 0 Å². The summed E-state index contributed by atoms with van der Waals surface area (Å²) in [6, 6.07) is 10.7. The lowest BCUT2D eigenvalue weighted by atomic mass is 10.2. The number of benzene rings is 1. The van der Waals surface area contributed by atoms with Gasteiger partial charge in [-0.3, -0.25) is 0 Å². The zero-order valence-electron chi connectivity index (χ0n) is 15.4. The predicted octanol–water partition coefficient (Wildman–Crippen LogP) is 3.72. The Morgan fingerprint density at radius 3 is 2.77 bits per heavy atom.